The predicted molar refractivity (Wildman–Crippen MR) is 70.7 cm³/mol. The number of benzene rings is 1. The molecule has 0 saturated heterocycles. The number of aromatic nitrogens is 1. The average molecular weight is 297 g/mol. The van der Waals surface area contributed by atoms with Crippen LogP contribution >= 0.6 is 0 Å². The Morgan fingerprint density at radius 3 is 2.62 bits per heavy atom. The smallest absolute Gasteiger partial charge is 0.416 e. The van der Waals surface area contributed by atoms with Crippen LogP contribution in [0.3, 0.4) is 0 Å². The fourth-order valence-corrected chi connectivity index (χ4v) is 1.84. The van der Waals surface area contributed by atoms with Gasteiger partial charge in [-0.3, -0.25) is 4.98 Å². The van der Waals surface area contributed by atoms with Crippen LogP contribution in [0.15, 0.2) is 36.4 Å². The Morgan fingerprint density at radius 1 is 1.19 bits per heavy atom. The maximum Gasteiger partial charge on any atom is 0.416 e. The molecular formula is C15H14F3NO2. The standard InChI is InChI=1S/C15H14F3NO2/c1-10-5-6-14(13(8-20)19-10)21-9-11-3-2-4-12(7-11)15(16,17)18/h2-7,20H,8-9H2,1H3. The molecule has 0 saturated carbocycles. The molecule has 1 aromatic carbocycles. The van der Waals surface area contributed by atoms with E-state index in [1.807, 2.05) is 0 Å². The largest absolute Gasteiger partial charge is 0.487 e. The van der Waals surface area contributed by atoms with Gasteiger partial charge in [0.15, 0.2) is 0 Å². The van der Waals surface area contributed by atoms with Crippen LogP contribution in [0.25, 0.3) is 0 Å². The first-order valence-corrected chi connectivity index (χ1v) is 6.26. The van der Waals surface area contributed by atoms with Gasteiger partial charge < -0.3 is 9.84 Å². The van der Waals surface area contributed by atoms with Gasteiger partial charge in [0.1, 0.15) is 18.1 Å². The summed E-state index contributed by atoms with van der Waals surface area (Å²) in [5.41, 5.74) is 0.773. The van der Waals surface area contributed by atoms with E-state index in [1.165, 1.54) is 6.07 Å². The van der Waals surface area contributed by atoms with Gasteiger partial charge in [0.25, 0.3) is 0 Å². The molecular weight excluding hydrogens is 283 g/mol. The highest BCUT2D eigenvalue weighted by molar-refractivity contribution is 5.30. The van der Waals surface area contributed by atoms with Gasteiger partial charge in [0, 0.05) is 5.69 Å². The van der Waals surface area contributed by atoms with Crippen LogP contribution in [0.1, 0.15) is 22.5 Å². The fraction of sp³-hybridized carbons (Fsp3) is 0.267. The fourth-order valence-electron chi connectivity index (χ4n) is 1.84. The van der Waals surface area contributed by atoms with E-state index in [1.54, 1.807) is 25.1 Å². The molecule has 1 N–H and O–H groups in total. The quantitative estimate of drug-likeness (QED) is 0.939. The maximum atomic E-state index is 12.6. The summed E-state index contributed by atoms with van der Waals surface area (Å²) < 4.78 is 43.3. The van der Waals surface area contributed by atoms with E-state index in [0.717, 1.165) is 17.8 Å². The Morgan fingerprint density at radius 2 is 1.95 bits per heavy atom. The van der Waals surface area contributed by atoms with Crippen LogP contribution in [0, 0.1) is 6.92 Å². The highest BCUT2D eigenvalue weighted by atomic mass is 19.4. The molecule has 0 fully saturated rings. The highest BCUT2D eigenvalue weighted by Crippen LogP contribution is 2.29. The Balaban J connectivity index is 2.13. The van der Waals surface area contributed by atoms with Crippen molar-refractivity contribution in [2.45, 2.75) is 26.3 Å². The minimum atomic E-state index is -4.38. The molecule has 0 radical (unpaired) electrons. The number of rotatable bonds is 4. The molecule has 1 aromatic heterocycles. The lowest BCUT2D eigenvalue weighted by atomic mass is 10.1. The second kappa shape index (κ2) is 6.13. The zero-order valence-electron chi connectivity index (χ0n) is 11.3. The Bertz CT molecular complexity index is 627. The number of aliphatic hydroxyl groups excluding tert-OH is 1. The molecule has 0 unspecified atom stereocenters. The van der Waals surface area contributed by atoms with Crippen molar-refractivity contribution in [2.75, 3.05) is 0 Å². The number of aliphatic hydroxyl groups is 1. The van der Waals surface area contributed by atoms with Crippen molar-refractivity contribution in [1.82, 2.24) is 4.98 Å². The van der Waals surface area contributed by atoms with Crippen molar-refractivity contribution < 1.29 is 23.0 Å². The van der Waals surface area contributed by atoms with Gasteiger partial charge in [-0.2, -0.15) is 13.2 Å². The molecule has 0 atom stereocenters. The van der Waals surface area contributed by atoms with Crippen LogP contribution in [0.2, 0.25) is 0 Å². The van der Waals surface area contributed by atoms with E-state index in [9.17, 15) is 18.3 Å². The third-order valence-corrected chi connectivity index (χ3v) is 2.87. The Hall–Kier alpha value is -2.08. The van der Waals surface area contributed by atoms with Crippen LogP contribution in [0.5, 0.6) is 5.75 Å². The molecule has 0 aliphatic heterocycles. The van der Waals surface area contributed by atoms with Crippen molar-refractivity contribution in [3.05, 3.63) is 58.9 Å². The lowest BCUT2D eigenvalue weighted by Gasteiger charge is -2.12. The molecule has 1 heterocycles. The van der Waals surface area contributed by atoms with Crippen molar-refractivity contribution >= 4 is 0 Å². The number of halogens is 3. The van der Waals surface area contributed by atoms with Gasteiger partial charge in [0.2, 0.25) is 0 Å². The third-order valence-electron chi connectivity index (χ3n) is 2.87. The molecule has 0 amide bonds. The molecule has 0 bridgehead atoms. The normalized spacial score (nSPS) is 11.5. The van der Waals surface area contributed by atoms with Crippen LogP contribution < -0.4 is 4.74 Å². The van der Waals surface area contributed by atoms with E-state index in [4.69, 9.17) is 4.74 Å². The van der Waals surface area contributed by atoms with E-state index in [2.05, 4.69) is 4.98 Å². The average Bonchev–Trinajstić information content (AvgIpc) is 2.45. The van der Waals surface area contributed by atoms with E-state index in [-0.39, 0.29) is 13.2 Å². The van der Waals surface area contributed by atoms with Gasteiger partial charge in [0.05, 0.1) is 12.2 Å². The van der Waals surface area contributed by atoms with Crippen molar-refractivity contribution in [3.8, 4) is 5.75 Å². The number of ether oxygens (including phenoxy) is 1. The second-order valence-electron chi connectivity index (χ2n) is 4.54. The van der Waals surface area contributed by atoms with Crippen molar-refractivity contribution in [3.63, 3.8) is 0 Å². The second-order valence-corrected chi connectivity index (χ2v) is 4.54. The van der Waals surface area contributed by atoms with Crippen LogP contribution in [-0.4, -0.2) is 10.1 Å². The summed E-state index contributed by atoms with van der Waals surface area (Å²) in [6, 6.07) is 8.29. The summed E-state index contributed by atoms with van der Waals surface area (Å²) in [5.74, 6) is 0.362. The first kappa shape index (κ1) is 15.3. The molecule has 2 rings (SSSR count). The summed E-state index contributed by atoms with van der Waals surface area (Å²) in [5, 5.41) is 9.20. The Kier molecular flexibility index (Phi) is 4.47. The SMILES string of the molecule is Cc1ccc(OCc2cccc(C(F)(F)F)c2)c(CO)n1. The molecule has 0 aliphatic rings. The van der Waals surface area contributed by atoms with E-state index < -0.39 is 11.7 Å². The first-order chi connectivity index (χ1) is 9.90. The summed E-state index contributed by atoms with van der Waals surface area (Å²) in [6.45, 7) is 1.46. The molecule has 6 heteroatoms. The molecule has 21 heavy (non-hydrogen) atoms. The van der Waals surface area contributed by atoms with Gasteiger partial charge >= 0.3 is 6.18 Å². The molecule has 0 aliphatic carbocycles. The number of alkyl halides is 3. The zero-order chi connectivity index (χ0) is 15.5. The first-order valence-electron chi connectivity index (χ1n) is 6.26. The number of aryl methyl sites for hydroxylation is 1. The summed E-state index contributed by atoms with van der Waals surface area (Å²) in [7, 11) is 0. The van der Waals surface area contributed by atoms with Gasteiger partial charge in [-0.1, -0.05) is 12.1 Å². The highest BCUT2D eigenvalue weighted by Gasteiger charge is 2.30. The van der Waals surface area contributed by atoms with E-state index in [0.29, 0.717) is 17.0 Å². The molecule has 2 aromatic rings. The molecule has 112 valence electrons. The van der Waals surface area contributed by atoms with E-state index >= 15 is 0 Å². The third kappa shape index (κ3) is 3.95. The van der Waals surface area contributed by atoms with Gasteiger partial charge in [-0.05, 0) is 36.8 Å². The van der Waals surface area contributed by atoms with Gasteiger partial charge in [-0.15, -0.1) is 0 Å². The number of nitrogens with zero attached hydrogens (tertiary/aromatic N) is 1. The zero-order valence-corrected chi connectivity index (χ0v) is 11.3. The predicted octanol–water partition coefficient (Wildman–Crippen LogP) is 3.48. The number of hydrogen-bond acceptors (Lipinski definition) is 3. The monoisotopic (exact) mass is 297 g/mol. The minimum Gasteiger partial charge on any atom is -0.487 e. The number of pyridine rings is 1. The summed E-state index contributed by atoms with van der Waals surface area (Å²) in [4.78, 5) is 4.11. The summed E-state index contributed by atoms with van der Waals surface area (Å²) in [6.07, 6.45) is -4.38. The maximum absolute atomic E-state index is 12.6. The lowest BCUT2D eigenvalue weighted by molar-refractivity contribution is -0.137. The van der Waals surface area contributed by atoms with Crippen molar-refractivity contribution in [1.29, 1.82) is 0 Å². The van der Waals surface area contributed by atoms with Gasteiger partial charge in [-0.25, -0.2) is 0 Å². The van der Waals surface area contributed by atoms with Crippen LogP contribution in [0.4, 0.5) is 13.2 Å². The molecule has 3 nitrogen and oxygen atoms in total. The number of hydrogen-bond donors (Lipinski definition) is 1. The summed E-state index contributed by atoms with van der Waals surface area (Å²) >= 11 is 0. The minimum absolute atomic E-state index is 0.0261. The lowest BCUT2D eigenvalue weighted by Crippen LogP contribution is -2.06. The molecule has 0 spiro atoms. The topological polar surface area (TPSA) is 42.4 Å². The van der Waals surface area contributed by atoms with Crippen molar-refractivity contribution in [2.24, 2.45) is 0 Å². The Labute approximate surface area is 120 Å². The van der Waals surface area contributed by atoms with Crippen LogP contribution in [-0.2, 0) is 19.4 Å².